The van der Waals surface area contributed by atoms with Crippen molar-refractivity contribution in [2.45, 2.75) is 44.3 Å². The molecule has 3 aliphatic rings. The van der Waals surface area contributed by atoms with Crippen LogP contribution in [0.2, 0.25) is 0 Å². The number of nitro benzene ring substituents is 1. The van der Waals surface area contributed by atoms with Gasteiger partial charge in [0.05, 0.1) is 21.7 Å². The third-order valence-corrected chi connectivity index (χ3v) is 5.03. The van der Waals surface area contributed by atoms with Crippen molar-refractivity contribution in [2.75, 3.05) is 0 Å². The fourth-order valence-corrected chi connectivity index (χ4v) is 3.76. The highest BCUT2D eigenvalue weighted by Crippen LogP contribution is 2.49. The summed E-state index contributed by atoms with van der Waals surface area (Å²) in [6, 6.07) is 5.75. The Morgan fingerprint density at radius 3 is 2.67 bits per heavy atom. The van der Waals surface area contributed by atoms with Crippen LogP contribution >= 0.6 is 0 Å². The summed E-state index contributed by atoms with van der Waals surface area (Å²) in [6.45, 7) is 3.91. The SMILES string of the molecule is CC1OC2(C)CCC1c1c2nnc(-c2ccc([N+](=O)[O-])cc2)[n+]1[O-]. The molecule has 0 saturated carbocycles. The second kappa shape index (κ2) is 4.94. The Kier molecular flexibility index (Phi) is 3.08. The van der Waals surface area contributed by atoms with Gasteiger partial charge in [0.1, 0.15) is 11.3 Å². The first-order chi connectivity index (χ1) is 11.4. The van der Waals surface area contributed by atoms with Crippen LogP contribution in [-0.4, -0.2) is 21.2 Å². The first-order valence-corrected chi connectivity index (χ1v) is 7.84. The number of nitrogens with zero attached hydrogens (tertiary/aromatic N) is 4. The van der Waals surface area contributed by atoms with E-state index < -0.39 is 10.5 Å². The van der Waals surface area contributed by atoms with Crippen molar-refractivity contribution < 1.29 is 14.4 Å². The fraction of sp³-hybridized carbons (Fsp3) is 0.438. The molecule has 0 spiro atoms. The molecule has 2 bridgehead atoms. The van der Waals surface area contributed by atoms with Crippen molar-refractivity contribution in [3.05, 3.63) is 51.0 Å². The first-order valence-electron chi connectivity index (χ1n) is 7.84. The molecule has 1 aromatic heterocycles. The summed E-state index contributed by atoms with van der Waals surface area (Å²) in [5.74, 6) is 0.152. The second-order valence-electron chi connectivity index (χ2n) is 6.55. The van der Waals surface area contributed by atoms with Gasteiger partial charge in [-0.05, 0) is 43.9 Å². The van der Waals surface area contributed by atoms with Gasteiger partial charge in [0.2, 0.25) is 0 Å². The maximum absolute atomic E-state index is 12.9. The molecule has 5 rings (SSSR count). The molecule has 1 fully saturated rings. The van der Waals surface area contributed by atoms with Gasteiger partial charge in [-0.3, -0.25) is 10.1 Å². The summed E-state index contributed by atoms with van der Waals surface area (Å²) in [5.41, 5.74) is 1.13. The fourth-order valence-electron chi connectivity index (χ4n) is 3.76. The van der Waals surface area contributed by atoms with Gasteiger partial charge >= 0.3 is 5.82 Å². The van der Waals surface area contributed by atoms with E-state index in [2.05, 4.69) is 10.2 Å². The Bertz CT molecular complexity index is 839. The maximum atomic E-state index is 12.9. The number of non-ortho nitro benzene ring substituents is 1. The lowest BCUT2D eigenvalue weighted by Crippen LogP contribution is -2.53. The summed E-state index contributed by atoms with van der Waals surface area (Å²) in [5, 5.41) is 32.0. The molecule has 124 valence electrons. The number of fused-ring (bicyclic) bond motifs is 2. The van der Waals surface area contributed by atoms with Crippen LogP contribution in [0.25, 0.3) is 11.4 Å². The number of nitro groups is 1. The predicted molar refractivity (Wildman–Crippen MR) is 83.0 cm³/mol. The molecule has 1 aromatic carbocycles. The quantitative estimate of drug-likeness (QED) is 0.362. The molecule has 3 heterocycles. The van der Waals surface area contributed by atoms with Gasteiger partial charge in [0.25, 0.3) is 5.69 Å². The Morgan fingerprint density at radius 2 is 2.04 bits per heavy atom. The van der Waals surface area contributed by atoms with Crippen molar-refractivity contribution >= 4 is 5.69 Å². The maximum Gasteiger partial charge on any atom is 0.361 e. The zero-order chi connectivity index (χ0) is 17.1. The summed E-state index contributed by atoms with van der Waals surface area (Å²) in [7, 11) is 0. The number of hydrogen-bond acceptors (Lipinski definition) is 6. The average Bonchev–Trinajstić information content (AvgIpc) is 2.55. The molecule has 0 N–H and O–H groups in total. The van der Waals surface area contributed by atoms with Crippen molar-refractivity contribution in [2.24, 2.45) is 0 Å². The zero-order valence-corrected chi connectivity index (χ0v) is 13.3. The second-order valence-corrected chi connectivity index (χ2v) is 6.55. The molecule has 1 saturated heterocycles. The van der Waals surface area contributed by atoms with Gasteiger partial charge in [0.15, 0.2) is 5.69 Å². The Hall–Kier alpha value is -2.61. The minimum atomic E-state index is -0.573. The third-order valence-electron chi connectivity index (χ3n) is 5.03. The van der Waals surface area contributed by atoms with Crippen molar-refractivity contribution in [3.8, 4) is 11.4 Å². The smallest absolute Gasteiger partial charge is 0.361 e. The molecule has 2 aliphatic heterocycles. The molecular formula is C16H16N4O4. The Labute approximate surface area is 137 Å². The zero-order valence-electron chi connectivity index (χ0n) is 13.3. The van der Waals surface area contributed by atoms with Crippen molar-refractivity contribution in [3.63, 3.8) is 0 Å². The predicted octanol–water partition coefficient (Wildman–Crippen LogP) is 2.20. The minimum absolute atomic E-state index is 0.00776. The minimum Gasteiger partial charge on any atom is -0.710 e. The van der Waals surface area contributed by atoms with Crippen LogP contribution in [0.4, 0.5) is 5.69 Å². The van der Waals surface area contributed by atoms with Crippen LogP contribution < -0.4 is 4.73 Å². The molecule has 2 aromatic rings. The monoisotopic (exact) mass is 328 g/mol. The van der Waals surface area contributed by atoms with Gasteiger partial charge in [-0.1, -0.05) is 0 Å². The molecule has 1 aliphatic carbocycles. The van der Waals surface area contributed by atoms with Crippen LogP contribution in [0.1, 0.15) is 44.0 Å². The highest BCUT2D eigenvalue weighted by Gasteiger charge is 2.51. The standard InChI is InChI=1S/C16H16N4O4/c1-9-12-7-8-16(2,24-9)14-13(12)19(21)15(18-17-14)10-3-5-11(6-4-10)20(22)23/h3-6,9,12H,7-8H2,1-2H3. The Balaban J connectivity index is 1.84. The normalized spacial score (nSPS) is 27.8. The van der Waals surface area contributed by atoms with Crippen LogP contribution in [0, 0.1) is 15.3 Å². The van der Waals surface area contributed by atoms with E-state index >= 15 is 0 Å². The van der Waals surface area contributed by atoms with Crippen LogP contribution in [0.3, 0.4) is 0 Å². The highest BCUT2D eigenvalue weighted by atomic mass is 16.6. The number of rotatable bonds is 2. The van der Waals surface area contributed by atoms with Gasteiger partial charge in [-0.25, -0.2) is 4.73 Å². The Morgan fingerprint density at radius 1 is 1.33 bits per heavy atom. The lowest BCUT2D eigenvalue weighted by Gasteiger charge is -2.46. The van der Waals surface area contributed by atoms with Crippen LogP contribution in [0.15, 0.2) is 24.3 Å². The highest BCUT2D eigenvalue weighted by molar-refractivity contribution is 5.54. The van der Waals surface area contributed by atoms with Crippen LogP contribution in [0.5, 0.6) is 0 Å². The molecular weight excluding hydrogens is 312 g/mol. The average molecular weight is 328 g/mol. The van der Waals surface area contributed by atoms with Gasteiger partial charge < -0.3 is 9.94 Å². The van der Waals surface area contributed by atoms with E-state index in [0.717, 1.165) is 17.6 Å². The third kappa shape index (κ3) is 1.99. The van der Waals surface area contributed by atoms with Crippen molar-refractivity contribution in [1.29, 1.82) is 0 Å². The molecule has 8 nitrogen and oxygen atoms in total. The van der Waals surface area contributed by atoms with Gasteiger partial charge in [-0.15, -0.1) is 0 Å². The number of ether oxygens (including phenoxy) is 1. The van der Waals surface area contributed by atoms with E-state index in [1.807, 2.05) is 13.8 Å². The van der Waals surface area contributed by atoms with Gasteiger partial charge in [-0.2, -0.15) is 0 Å². The van der Waals surface area contributed by atoms with E-state index in [0.29, 0.717) is 17.0 Å². The molecule has 24 heavy (non-hydrogen) atoms. The van der Waals surface area contributed by atoms with Crippen LogP contribution in [-0.2, 0) is 10.3 Å². The molecule has 0 amide bonds. The summed E-state index contributed by atoms with van der Waals surface area (Å²) in [6.07, 6.45) is 1.64. The van der Waals surface area contributed by atoms with E-state index in [-0.39, 0.29) is 23.5 Å². The van der Waals surface area contributed by atoms with E-state index in [1.165, 1.54) is 24.3 Å². The molecule has 3 unspecified atom stereocenters. The van der Waals surface area contributed by atoms with E-state index in [9.17, 15) is 15.3 Å². The molecule has 3 atom stereocenters. The molecule has 0 radical (unpaired) electrons. The number of aromatic nitrogens is 3. The van der Waals surface area contributed by atoms with Gasteiger partial charge in [0, 0.05) is 18.1 Å². The molecule has 8 heteroatoms. The first kappa shape index (κ1) is 14.9. The lowest BCUT2D eigenvalue weighted by atomic mass is 9.74. The van der Waals surface area contributed by atoms with Crippen molar-refractivity contribution in [1.82, 2.24) is 10.2 Å². The largest absolute Gasteiger partial charge is 0.710 e. The number of hydrogen-bond donors (Lipinski definition) is 0. The summed E-state index contributed by atoms with van der Waals surface area (Å²) < 4.78 is 6.84. The van der Waals surface area contributed by atoms with E-state index in [4.69, 9.17) is 4.74 Å². The topological polar surface area (TPSA) is 105 Å². The lowest BCUT2D eigenvalue weighted by molar-refractivity contribution is -0.612. The van der Waals surface area contributed by atoms with E-state index in [1.54, 1.807) is 0 Å². The summed E-state index contributed by atoms with van der Waals surface area (Å²) >= 11 is 0. The summed E-state index contributed by atoms with van der Waals surface area (Å²) in [4.78, 5) is 10.3. The number of benzene rings is 1.